The van der Waals surface area contributed by atoms with Crippen molar-refractivity contribution in [2.45, 2.75) is 32.9 Å². The molecule has 0 heterocycles. The second-order valence-electron chi connectivity index (χ2n) is 2.81. The van der Waals surface area contributed by atoms with Crippen molar-refractivity contribution >= 4 is 11.7 Å². The van der Waals surface area contributed by atoms with Gasteiger partial charge in [0.2, 0.25) is 0 Å². The molecule has 0 aromatic rings. The number of carbonyl (C=O) groups excluding carboxylic acids is 1. The zero-order valence-corrected chi connectivity index (χ0v) is 8.73. The van der Waals surface area contributed by atoms with Crippen molar-refractivity contribution in [2.24, 2.45) is 4.99 Å². The average Bonchev–Trinajstić information content (AvgIpc) is 2.10. The van der Waals surface area contributed by atoms with Crippen LogP contribution in [-0.4, -0.2) is 31.0 Å². The summed E-state index contributed by atoms with van der Waals surface area (Å²) in [6.07, 6.45) is -4.86. The molecule has 0 N–H and O–H groups in total. The standard InChI is InChI=1S/C9H14F3NO2/c1-3-5-13-7(9(10,11)12)6-8(14)15-4-2/h3-6H2,1-2H3. The summed E-state index contributed by atoms with van der Waals surface area (Å²) >= 11 is 0. The maximum atomic E-state index is 12.3. The molecule has 0 unspecified atom stereocenters. The van der Waals surface area contributed by atoms with Crippen LogP contribution in [0.3, 0.4) is 0 Å². The highest BCUT2D eigenvalue weighted by Gasteiger charge is 2.36. The van der Waals surface area contributed by atoms with Crippen molar-refractivity contribution in [3.63, 3.8) is 0 Å². The molecule has 0 saturated heterocycles. The first-order chi connectivity index (χ1) is 6.91. The number of rotatable bonds is 5. The van der Waals surface area contributed by atoms with Crippen LogP contribution in [-0.2, 0) is 9.53 Å². The molecule has 6 heteroatoms. The van der Waals surface area contributed by atoms with E-state index in [1.54, 1.807) is 6.92 Å². The molecule has 0 aliphatic heterocycles. The smallest absolute Gasteiger partial charge is 0.429 e. The van der Waals surface area contributed by atoms with Gasteiger partial charge in [-0.1, -0.05) is 6.92 Å². The van der Waals surface area contributed by atoms with E-state index in [1.165, 1.54) is 6.92 Å². The fourth-order valence-electron chi connectivity index (χ4n) is 0.841. The van der Waals surface area contributed by atoms with Gasteiger partial charge in [-0.15, -0.1) is 0 Å². The highest BCUT2D eigenvalue weighted by atomic mass is 19.4. The molecule has 88 valence electrons. The van der Waals surface area contributed by atoms with E-state index in [0.29, 0.717) is 6.42 Å². The van der Waals surface area contributed by atoms with E-state index >= 15 is 0 Å². The SMILES string of the molecule is CCCN=C(CC(=O)OCC)C(F)(F)F. The first-order valence-electron chi connectivity index (χ1n) is 4.68. The largest absolute Gasteiger partial charge is 0.466 e. The van der Waals surface area contributed by atoms with E-state index < -0.39 is 24.3 Å². The van der Waals surface area contributed by atoms with Gasteiger partial charge in [-0.05, 0) is 13.3 Å². The third kappa shape index (κ3) is 6.09. The number of esters is 1. The lowest BCUT2D eigenvalue weighted by molar-refractivity contribution is -0.142. The van der Waals surface area contributed by atoms with Gasteiger partial charge in [-0.2, -0.15) is 13.2 Å². The lowest BCUT2D eigenvalue weighted by Gasteiger charge is -2.09. The third-order valence-corrected chi connectivity index (χ3v) is 1.47. The Morgan fingerprint density at radius 2 is 1.93 bits per heavy atom. The first-order valence-corrected chi connectivity index (χ1v) is 4.68. The van der Waals surface area contributed by atoms with Crippen molar-refractivity contribution in [3.8, 4) is 0 Å². The number of hydrogen-bond donors (Lipinski definition) is 0. The van der Waals surface area contributed by atoms with Crippen LogP contribution in [0.25, 0.3) is 0 Å². The molecule has 0 fully saturated rings. The van der Waals surface area contributed by atoms with Crippen LogP contribution in [0.1, 0.15) is 26.7 Å². The second kappa shape index (κ2) is 6.42. The number of hydrogen-bond acceptors (Lipinski definition) is 3. The van der Waals surface area contributed by atoms with Crippen molar-refractivity contribution in [1.82, 2.24) is 0 Å². The molecular weight excluding hydrogens is 211 g/mol. The number of carbonyl (C=O) groups is 1. The quantitative estimate of drug-likeness (QED) is 0.532. The molecule has 0 aliphatic carbocycles. The fraction of sp³-hybridized carbons (Fsp3) is 0.778. The van der Waals surface area contributed by atoms with Gasteiger partial charge < -0.3 is 4.74 Å². The molecule has 0 spiro atoms. The van der Waals surface area contributed by atoms with Crippen LogP contribution in [0, 0.1) is 0 Å². The van der Waals surface area contributed by atoms with E-state index in [2.05, 4.69) is 9.73 Å². The number of aliphatic imine (C=N–C) groups is 1. The van der Waals surface area contributed by atoms with Gasteiger partial charge in [0.1, 0.15) is 5.71 Å². The summed E-state index contributed by atoms with van der Waals surface area (Å²) in [6, 6.07) is 0. The minimum Gasteiger partial charge on any atom is -0.466 e. The lowest BCUT2D eigenvalue weighted by Crippen LogP contribution is -2.27. The summed E-state index contributed by atoms with van der Waals surface area (Å²) in [6.45, 7) is 3.38. The minimum atomic E-state index is -4.55. The molecule has 0 aromatic carbocycles. The molecule has 0 aromatic heterocycles. The lowest BCUT2D eigenvalue weighted by atomic mass is 10.2. The number of nitrogens with zero attached hydrogens (tertiary/aromatic N) is 1. The van der Waals surface area contributed by atoms with Gasteiger partial charge in [0.05, 0.1) is 13.0 Å². The normalized spacial score (nSPS) is 12.7. The van der Waals surface area contributed by atoms with Gasteiger partial charge >= 0.3 is 12.1 Å². The van der Waals surface area contributed by atoms with Gasteiger partial charge in [0.15, 0.2) is 0 Å². The summed E-state index contributed by atoms with van der Waals surface area (Å²) in [4.78, 5) is 14.2. The summed E-state index contributed by atoms with van der Waals surface area (Å²) in [5.74, 6) is -0.898. The van der Waals surface area contributed by atoms with Crippen molar-refractivity contribution in [3.05, 3.63) is 0 Å². The number of alkyl halides is 3. The van der Waals surface area contributed by atoms with E-state index in [0.717, 1.165) is 0 Å². The molecule has 0 amide bonds. The molecular formula is C9H14F3NO2. The number of halogens is 3. The first kappa shape index (κ1) is 13.9. The fourth-order valence-corrected chi connectivity index (χ4v) is 0.841. The van der Waals surface area contributed by atoms with Crippen LogP contribution < -0.4 is 0 Å². The topological polar surface area (TPSA) is 38.7 Å². The van der Waals surface area contributed by atoms with E-state index in [4.69, 9.17) is 0 Å². The zero-order valence-electron chi connectivity index (χ0n) is 8.73. The molecule has 0 bridgehead atoms. The van der Waals surface area contributed by atoms with E-state index in [-0.39, 0.29) is 13.2 Å². The number of ether oxygens (including phenoxy) is 1. The van der Waals surface area contributed by atoms with Gasteiger partial charge in [0.25, 0.3) is 0 Å². The van der Waals surface area contributed by atoms with Crippen molar-refractivity contribution < 1.29 is 22.7 Å². The predicted octanol–water partition coefficient (Wildman–Crippen LogP) is 2.35. The third-order valence-electron chi connectivity index (χ3n) is 1.47. The van der Waals surface area contributed by atoms with Gasteiger partial charge in [0, 0.05) is 6.54 Å². The van der Waals surface area contributed by atoms with Crippen molar-refractivity contribution in [1.29, 1.82) is 0 Å². The molecule has 0 aliphatic rings. The van der Waals surface area contributed by atoms with Crippen LogP contribution >= 0.6 is 0 Å². The summed E-state index contributed by atoms with van der Waals surface area (Å²) in [5, 5.41) is 0. The molecule has 0 saturated carbocycles. The Morgan fingerprint density at radius 1 is 1.33 bits per heavy atom. The molecule has 0 atom stereocenters. The van der Waals surface area contributed by atoms with Gasteiger partial charge in [-0.3, -0.25) is 9.79 Å². The monoisotopic (exact) mass is 225 g/mol. The van der Waals surface area contributed by atoms with Crippen LogP contribution in [0.4, 0.5) is 13.2 Å². The van der Waals surface area contributed by atoms with Crippen LogP contribution in [0.2, 0.25) is 0 Å². The summed E-state index contributed by atoms with van der Waals surface area (Å²) in [7, 11) is 0. The molecule has 0 radical (unpaired) electrons. The van der Waals surface area contributed by atoms with E-state index in [9.17, 15) is 18.0 Å². The van der Waals surface area contributed by atoms with E-state index in [1.807, 2.05) is 0 Å². The zero-order chi connectivity index (χ0) is 11.9. The Kier molecular flexibility index (Phi) is 5.96. The average molecular weight is 225 g/mol. The highest BCUT2D eigenvalue weighted by Crippen LogP contribution is 2.20. The van der Waals surface area contributed by atoms with Gasteiger partial charge in [-0.25, -0.2) is 0 Å². The molecule has 15 heavy (non-hydrogen) atoms. The Hall–Kier alpha value is -1.07. The van der Waals surface area contributed by atoms with Crippen LogP contribution in [0.15, 0.2) is 4.99 Å². The maximum Gasteiger partial charge on any atom is 0.429 e. The second-order valence-corrected chi connectivity index (χ2v) is 2.81. The van der Waals surface area contributed by atoms with Crippen molar-refractivity contribution in [2.75, 3.05) is 13.2 Å². The molecule has 3 nitrogen and oxygen atoms in total. The minimum absolute atomic E-state index is 0.0637. The predicted molar refractivity (Wildman–Crippen MR) is 49.9 cm³/mol. The molecule has 0 rings (SSSR count). The highest BCUT2D eigenvalue weighted by molar-refractivity contribution is 6.02. The summed E-state index contributed by atoms with van der Waals surface area (Å²) in [5.41, 5.74) is -1.07. The van der Waals surface area contributed by atoms with Crippen LogP contribution in [0.5, 0.6) is 0 Å². The Labute approximate surface area is 86.3 Å². The Balaban J connectivity index is 4.45. The Bertz CT molecular complexity index is 236. The Morgan fingerprint density at radius 3 is 2.33 bits per heavy atom. The maximum absolute atomic E-state index is 12.3. The summed E-state index contributed by atoms with van der Waals surface area (Å²) < 4.78 is 41.3.